The molecule has 1 aromatic carbocycles. The summed E-state index contributed by atoms with van der Waals surface area (Å²) in [6.45, 7) is 5.59. The zero-order valence-corrected chi connectivity index (χ0v) is 16.3. The highest BCUT2D eigenvalue weighted by molar-refractivity contribution is 14.0. The van der Waals surface area contributed by atoms with Crippen molar-refractivity contribution in [1.82, 2.24) is 10.6 Å². The molecule has 0 aliphatic heterocycles. The van der Waals surface area contributed by atoms with Gasteiger partial charge in [0.25, 0.3) is 0 Å². The van der Waals surface area contributed by atoms with Crippen LogP contribution < -0.4 is 15.4 Å². The first-order valence-corrected chi connectivity index (χ1v) is 8.05. The zero-order chi connectivity index (χ0) is 15.6. The Morgan fingerprint density at radius 3 is 2.74 bits per heavy atom. The average molecular weight is 443 g/mol. The van der Waals surface area contributed by atoms with E-state index in [0.29, 0.717) is 13.2 Å². The molecule has 2 aromatic rings. The molecule has 2 rings (SSSR count). The van der Waals surface area contributed by atoms with Crippen molar-refractivity contribution in [1.29, 1.82) is 0 Å². The molecule has 0 atom stereocenters. The third kappa shape index (κ3) is 6.62. The first-order valence-electron chi connectivity index (χ1n) is 7.10. The largest absolute Gasteiger partial charge is 0.489 e. The summed E-state index contributed by atoms with van der Waals surface area (Å²) in [6, 6.07) is 10.1. The highest BCUT2D eigenvalue weighted by atomic mass is 127. The van der Waals surface area contributed by atoms with Crippen LogP contribution in [0.25, 0.3) is 0 Å². The van der Waals surface area contributed by atoms with Crippen molar-refractivity contribution in [3.63, 3.8) is 0 Å². The highest BCUT2D eigenvalue weighted by Crippen LogP contribution is 2.17. The number of hydrogen-bond acceptors (Lipinski definition) is 3. The van der Waals surface area contributed by atoms with Crippen LogP contribution >= 0.6 is 35.3 Å². The molecular formula is C17H22IN3OS. The molecule has 0 aliphatic carbocycles. The Morgan fingerprint density at radius 1 is 1.26 bits per heavy atom. The molecule has 124 valence electrons. The van der Waals surface area contributed by atoms with E-state index >= 15 is 0 Å². The number of guanidine groups is 1. The SMILES string of the molecule is C=CCOc1ccccc1CNC(=NC)NCc1ccsc1.I. The van der Waals surface area contributed by atoms with Crippen molar-refractivity contribution in [2.75, 3.05) is 13.7 Å². The molecule has 1 heterocycles. The summed E-state index contributed by atoms with van der Waals surface area (Å²) in [4.78, 5) is 4.24. The number of rotatable bonds is 7. The van der Waals surface area contributed by atoms with E-state index in [4.69, 9.17) is 4.74 Å². The summed E-state index contributed by atoms with van der Waals surface area (Å²) < 4.78 is 5.65. The summed E-state index contributed by atoms with van der Waals surface area (Å²) >= 11 is 1.69. The Hall–Kier alpha value is -1.54. The first-order chi connectivity index (χ1) is 10.8. The van der Waals surface area contributed by atoms with E-state index in [1.54, 1.807) is 24.5 Å². The van der Waals surface area contributed by atoms with Crippen LogP contribution in [-0.2, 0) is 13.1 Å². The second-order valence-corrected chi connectivity index (χ2v) is 5.40. The van der Waals surface area contributed by atoms with Gasteiger partial charge in [0.05, 0.1) is 0 Å². The van der Waals surface area contributed by atoms with E-state index in [1.807, 2.05) is 24.3 Å². The molecule has 1 aromatic heterocycles. The van der Waals surface area contributed by atoms with Gasteiger partial charge in [-0.15, -0.1) is 24.0 Å². The molecule has 6 heteroatoms. The van der Waals surface area contributed by atoms with E-state index in [1.165, 1.54) is 5.56 Å². The van der Waals surface area contributed by atoms with Crippen molar-refractivity contribution in [2.24, 2.45) is 4.99 Å². The Balaban J connectivity index is 0.00000264. The maximum absolute atomic E-state index is 5.65. The summed E-state index contributed by atoms with van der Waals surface area (Å²) in [5.74, 6) is 1.63. The number of halogens is 1. The minimum atomic E-state index is 0. The van der Waals surface area contributed by atoms with Crippen LogP contribution in [0.1, 0.15) is 11.1 Å². The topological polar surface area (TPSA) is 45.6 Å². The molecule has 0 radical (unpaired) electrons. The fraction of sp³-hybridized carbons (Fsp3) is 0.235. The number of hydrogen-bond donors (Lipinski definition) is 2. The van der Waals surface area contributed by atoms with Crippen LogP contribution in [0, 0.1) is 0 Å². The third-order valence-corrected chi connectivity index (χ3v) is 3.77. The number of ether oxygens (including phenoxy) is 1. The minimum Gasteiger partial charge on any atom is -0.489 e. The van der Waals surface area contributed by atoms with Crippen molar-refractivity contribution in [3.8, 4) is 5.75 Å². The smallest absolute Gasteiger partial charge is 0.191 e. The quantitative estimate of drug-likeness (QED) is 0.296. The molecule has 0 unspecified atom stereocenters. The molecule has 0 saturated heterocycles. The fourth-order valence-electron chi connectivity index (χ4n) is 1.92. The predicted molar refractivity (Wildman–Crippen MR) is 109 cm³/mol. The van der Waals surface area contributed by atoms with Crippen molar-refractivity contribution in [3.05, 3.63) is 64.9 Å². The van der Waals surface area contributed by atoms with Gasteiger partial charge in [0.15, 0.2) is 5.96 Å². The molecule has 0 amide bonds. The molecule has 0 spiro atoms. The highest BCUT2D eigenvalue weighted by Gasteiger charge is 2.04. The van der Waals surface area contributed by atoms with Crippen LogP contribution in [-0.4, -0.2) is 19.6 Å². The summed E-state index contributed by atoms with van der Waals surface area (Å²) in [7, 11) is 1.77. The van der Waals surface area contributed by atoms with Gasteiger partial charge >= 0.3 is 0 Å². The maximum Gasteiger partial charge on any atom is 0.191 e. The van der Waals surface area contributed by atoms with Gasteiger partial charge in [-0.2, -0.15) is 11.3 Å². The first kappa shape index (κ1) is 19.5. The standard InChI is InChI=1S/C17H21N3OS.HI/c1-3-9-21-16-7-5-4-6-15(16)12-20-17(18-2)19-11-14-8-10-22-13-14;/h3-8,10,13H,1,9,11-12H2,2H3,(H2,18,19,20);1H. The number of nitrogens with one attached hydrogen (secondary N) is 2. The number of para-hydroxylation sites is 1. The van der Waals surface area contributed by atoms with Gasteiger partial charge < -0.3 is 15.4 Å². The van der Waals surface area contributed by atoms with Gasteiger partial charge in [-0.05, 0) is 28.5 Å². The summed E-state index contributed by atoms with van der Waals surface area (Å²) in [5.41, 5.74) is 2.34. The Labute approximate surface area is 158 Å². The van der Waals surface area contributed by atoms with Gasteiger partial charge in [-0.1, -0.05) is 30.9 Å². The molecule has 4 nitrogen and oxygen atoms in total. The van der Waals surface area contributed by atoms with Gasteiger partial charge in [-0.3, -0.25) is 4.99 Å². The Bertz CT molecular complexity index is 614. The lowest BCUT2D eigenvalue weighted by Crippen LogP contribution is -2.36. The monoisotopic (exact) mass is 443 g/mol. The third-order valence-electron chi connectivity index (χ3n) is 3.04. The lowest BCUT2D eigenvalue weighted by atomic mass is 10.2. The van der Waals surface area contributed by atoms with Crippen LogP contribution in [0.5, 0.6) is 5.75 Å². The molecule has 23 heavy (non-hydrogen) atoms. The van der Waals surface area contributed by atoms with E-state index in [2.05, 4.69) is 39.0 Å². The summed E-state index contributed by atoms with van der Waals surface area (Å²) in [5, 5.41) is 10.8. The van der Waals surface area contributed by atoms with E-state index in [9.17, 15) is 0 Å². The second-order valence-electron chi connectivity index (χ2n) is 4.62. The summed E-state index contributed by atoms with van der Waals surface area (Å²) in [6.07, 6.45) is 1.74. The number of aliphatic imine (C=N–C) groups is 1. The van der Waals surface area contributed by atoms with Crippen LogP contribution in [0.3, 0.4) is 0 Å². The van der Waals surface area contributed by atoms with E-state index in [-0.39, 0.29) is 24.0 Å². The van der Waals surface area contributed by atoms with Gasteiger partial charge in [-0.25, -0.2) is 0 Å². The normalized spacial score (nSPS) is 10.6. The number of benzene rings is 1. The second kappa shape index (κ2) is 11.1. The molecule has 0 aliphatic rings. The van der Waals surface area contributed by atoms with Crippen molar-refractivity contribution in [2.45, 2.75) is 13.1 Å². The Morgan fingerprint density at radius 2 is 2.04 bits per heavy atom. The van der Waals surface area contributed by atoms with E-state index in [0.717, 1.165) is 23.8 Å². The van der Waals surface area contributed by atoms with Gasteiger partial charge in [0.2, 0.25) is 0 Å². The average Bonchev–Trinajstić information content (AvgIpc) is 3.07. The van der Waals surface area contributed by atoms with E-state index < -0.39 is 0 Å². The minimum absolute atomic E-state index is 0. The van der Waals surface area contributed by atoms with Crippen molar-refractivity contribution < 1.29 is 4.74 Å². The van der Waals surface area contributed by atoms with Crippen LogP contribution in [0.15, 0.2) is 58.7 Å². The molecule has 0 saturated carbocycles. The molecule has 2 N–H and O–H groups in total. The lowest BCUT2D eigenvalue weighted by molar-refractivity contribution is 0.358. The maximum atomic E-state index is 5.65. The zero-order valence-electron chi connectivity index (χ0n) is 13.1. The Kier molecular flexibility index (Phi) is 9.39. The molecule has 0 bridgehead atoms. The van der Waals surface area contributed by atoms with Crippen LogP contribution in [0.2, 0.25) is 0 Å². The number of thiophene rings is 1. The van der Waals surface area contributed by atoms with Crippen LogP contribution in [0.4, 0.5) is 0 Å². The predicted octanol–water partition coefficient (Wildman–Crippen LogP) is 3.80. The van der Waals surface area contributed by atoms with Crippen molar-refractivity contribution >= 4 is 41.3 Å². The molecular weight excluding hydrogens is 421 g/mol. The van der Waals surface area contributed by atoms with Gasteiger partial charge in [0, 0.05) is 25.7 Å². The van der Waals surface area contributed by atoms with Gasteiger partial charge in [0.1, 0.15) is 12.4 Å². The number of nitrogens with zero attached hydrogens (tertiary/aromatic N) is 1. The molecule has 0 fully saturated rings. The fourth-order valence-corrected chi connectivity index (χ4v) is 2.59. The lowest BCUT2D eigenvalue weighted by Gasteiger charge is -2.14.